The Morgan fingerprint density at radius 1 is 0.903 bits per heavy atom. The molecule has 0 bridgehead atoms. The number of sulfone groups is 1. The van der Waals surface area contributed by atoms with Crippen molar-refractivity contribution in [3.8, 4) is 0 Å². The van der Waals surface area contributed by atoms with Crippen LogP contribution >= 0.6 is 0 Å². The van der Waals surface area contributed by atoms with Crippen LogP contribution in [-0.2, 0) is 16.3 Å². The number of hydrogen-bond acceptors (Lipinski definition) is 6. The number of anilines is 2. The lowest BCUT2D eigenvalue weighted by atomic mass is 10.1. The standard InChI is InChI=1S/C23H19N5O2S/c1-2-16-12-14-17(15-13-16)24-21-19-10-6-7-11-20(19)28-22(25-21)23(26-27-28)31(29,30)18-8-4-3-5-9-18/h3-15H,2H2,1H3,(H,24,25). The molecule has 154 valence electrons. The van der Waals surface area contributed by atoms with E-state index >= 15 is 0 Å². The van der Waals surface area contributed by atoms with Gasteiger partial charge in [0.05, 0.1) is 10.4 Å². The summed E-state index contributed by atoms with van der Waals surface area (Å²) in [7, 11) is -3.87. The quantitative estimate of drug-likeness (QED) is 0.445. The molecule has 7 nitrogen and oxygen atoms in total. The molecular weight excluding hydrogens is 410 g/mol. The molecule has 0 aliphatic carbocycles. The molecule has 5 rings (SSSR count). The van der Waals surface area contributed by atoms with Crippen molar-refractivity contribution in [2.45, 2.75) is 23.3 Å². The topological polar surface area (TPSA) is 89.2 Å². The van der Waals surface area contributed by atoms with Crippen LogP contribution < -0.4 is 5.32 Å². The average Bonchev–Trinajstić information content (AvgIpc) is 3.25. The third kappa shape index (κ3) is 3.30. The van der Waals surface area contributed by atoms with Crippen molar-refractivity contribution in [2.24, 2.45) is 0 Å². The fourth-order valence-electron chi connectivity index (χ4n) is 3.49. The van der Waals surface area contributed by atoms with Crippen LogP contribution in [0, 0.1) is 0 Å². The number of fused-ring (bicyclic) bond motifs is 3. The summed E-state index contributed by atoms with van der Waals surface area (Å²) in [4.78, 5) is 4.79. The van der Waals surface area contributed by atoms with Crippen LogP contribution in [0.1, 0.15) is 12.5 Å². The minimum atomic E-state index is -3.87. The summed E-state index contributed by atoms with van der Waals surface area (Å²) in [5.41, 5.74) is 2.98. The summed E-state index contributed by atoms with van der Waals surface area (Å²) in [6.45, 7) is 2.10. The molecule has 8 heteroatoms. The highest BCUT2D eigenvalue weighted by Gasteiger charge is 2.26. The first-order valence-electron chi connectivity index (χ1n) is 9.88. The van der Waals surface area contributed by atoms with E-state index in [0.29, 0.717) is 11.3 Å². The van der Waals surface area contributed by atoms with Gasteiger partial charge in [0.25, 0.3) is 0 Å². The van der Waals surface area contributed by atoms with E-state index in [4.69, 9.17) is 0 Å². The van der Waals surface area contributed by atoms with Crippen molar-refractivity contribution in [3.63, 3.8) is 0 Å². The van der Waals surface area contributed by atoms with Gasteiger partial charge in [0.1, 0.15) is 5.82 Å². The zero-order valence-corrected chi connectivity index (χ0v) is 17.5. The molecule has 0 spiro atoms. The second kappa shape index (κ2) is 7.48. The van der Waals surface area contributed by atoms with E-state index in [1.807, 2.05) is 36.4 Å². The maximum absolute atomic E-state index is 13.2. The lowest BCUT2D eigenvalue weighted by Gasteiger charge is -2.11. The van der Waals surface area contributed by atoms with Crippen molar-refractivity contribution >= 4 is 37.9 Å². The Kier molecular flexibility index (Phi) is 4.63. The van der Waals surface area contributed by atoms with E-state index in [1.54, 1.807) is 18.2 Å². The van der Waals surface area contributed by atoms with Crippen LogP contribution in [0.5, 0.6) is 0 Å². The van der Waals surface area contributed by atoms with Gasteiger partial charge in [0, 0.05) is 11.1 Å². The summed E-state index contributed by atoms with van der Waals surface area (Å²) >= 11 is 0. The number of aromatic nitrogens is 4. The Bertz CT molecular complexity index is 1490. The second-order valence-electron chi connectivity index (χ2n) is 7.10. The Hall–Kier alpha value is -3.78. The van der Waals surface area contributed by atoms with E-state index < -0.39 is 9.84 Å². The van der Waals surface area contributed by atoms with Crippen molar-refractivity contribution in [2.75, 3.05) is 5.32 Å². The monoisotopic (exact) mass is 429 g/mol. The maximum Gasteiger partial charge on any atom is 0.229 e. The summed E-state index contributed by atoms with van der Waals surface area (Å²) in [6.07, 6.45) is 0.954. The third-order valence-electron chi connectivity index (χ3n) is 5.15. The van der Waals surface area contributed by atoms with E-state index in [-0.39, 0.29) is 15.6 Å². The molecule has 2 heterocycles. The number of aryl methyl sites for hydroxylation is 1. The normalized spacial score (nSPS) is 11.8. The van der Waals surface area contributed by atoms with Crippen LogP contribution in [-0.4, -0.2) is 28.2 Å². The molecule has 3 aromatic carbocycles. The van der Waals surface area contributed by atoms with Gasteiger partial charge < -0.3 is 5.32 Å². The van der Waals surface area contributed by atoms with Gasteiger partial charge in [-0.1, -0.05) is 54.6 Å². The Morgan fingerprint density at radius 3 is 2.35 bits per heavy atom. The first-order chi connectivity index (χ1) is 15.1. The molecule has 0 aliphatic rings. The van der Waals surface area contributed by atoms with Crippen molar-refractivity contribution < 1.29 is 8.42 Å². The van der Waals surface area contributed by atoms with Crippen LogP contribution in [0.25, 0.3) is 16.6 Å². The van der Waals surface area contributed by atoms with Gasteiger partial charge in [-0.05, 0) is 48.4 Å². The molecule has 0 aliphatic heterocycles. The van der Waals surface area contributed by atoms with E-state index in [0.717, 1.165) is 17.5 Å². The average molecular weight is 430 g/mol. The first-order valence-corrected chi connectivity index (χ1v) is 11.4. The molecule has 1 N–H and O–H groups in total. The van der Waals surface area contributed by atoms with Crippen LogP contribution in [0.15, 0.2) is 88.8 Å². The Morgan fingerprint density at radius 2 is 1.61 bits per heavy atom. The lowest BCUT2D eigenvalue weighted by molar-refractivity contribution is 0.592. The number of hydrogen-bond donors (Lipinski definition) is 1. The van der Waals surface area contributed by atoms with Crippen molar-refractivity contribution in [1.82, 2.24) is 19.8 Å². The third-order valence-corrected chi connectivity index (χ3v) is 6.82. The lowest BCUT2D eigenvalue weighted by Crippen LogP contribution is -2.05. The minimum Gasteiger partial charge on any atom is -0.340 e. The van der Waals surface area contributed by atoms with Gasteiger partial charge in [-0.2, -0.15) is 4.52 Å². The molecule has 0 unspecified atom stereocenters. The molecule has 0 fully saturated rings. The molecule has 0 saturated carbocycles. The van der Waals surface area contributed by atoms with E-state index in [2.05, 4.69) is 39.7 Å². The smallest absolute Gasteiger partial charge is 0.229 e. The number of rotatable bonds is 5. The van der Waals surface area contributed by atoms with Gasteiger partial charge in [-0.25, -0.2) is 13.4 Å². The fraction of sp³-hybridized carbons (Fsp3) is 0.0870. The molecule has 0 radical (unpaired) electrons. The van der Waals surface area contributed by atoms with Crippen LogP contribution in [0.3, 0.4) is 0 Å². The largest absolute Gasteiger partial charge is 0.340 e. The van der Waals surface area contributed by atoms with Crippen molar-refractivity contribution in [3.05, 3.63) is 84.4 Å². The van der Waals surface area contributed by atoms with Gasteiger partial charge in [0.2, 0.25) is 14.9 Å². The summed E-state index contributed by atoms with van der Waals surface area (Å²) in [5, 5.41) is 12.1. The van der Waals surface area contributed by atoms with E-state index in [9.17, 15) is 8.42 Å². The molecule has 0 amide bonds. The van der Waals surface area contributed by atoms with Crippen LogP contribution in [0.4, 0.5) is 11.5 Å². The summed E-state index contributed by atoms with van der Waals surface area (Å²) in [6, 6.07) is 23.8. The van der Waals surface area contributed by atoms with E-state index in [1.165, 1.54) is 22.2 Å². The molecule has 2 aromatic heterocycles. The number of nitrogens with zero attached hydrogens (tertiary/aromatic N) is 4. The van der Waals surface area contributed by atoms with Crippen LogP contribution in [0.2, 0.25) is 0 Å². The molecule has 0 saturated heterocycles. The number of para-hydroxylation sites is 1. The highest BCUT2D eigenvalue weighted by atomic mass is 32.2. The second-order valence-corrected chi connectivity index (χ2v) is 8.96. The SMILES string of the molecule is CCc1ccc(Nc2nc3c(S(=O)(=O)c4ccccc4)nnn3c3ccccc23)cc1. The molecular formula is C23H19N5O2S. The van der Waals surface area contributed by atoms with Crippen molar-refractivity contribution in [1.29, 1.82) is 0 Å². The fourth-order valence-corrected chi connectivity index (χ4v) is 4.74. The molecule has 31 heavy (non-hydrogen) atoms. The maximum atomic E-state index is 13.2. The summed E-state index contributed by atoms with van der Waals surface area (Å²) < 4.78 is 27.9. The zero-order chi connectivity index (χ0) is 21.4. The van der Waals surface area contributed by atoms with Gasteiger partial charge in [-0.3, -0.25) is 0 Å². The van der Waals surface area contributed by atoms with Gasteiger partial charge >= 0.3 is 0 Å². The highest BCUT2D eigenvalue weighted by Crippen LogP contribution is 2.29. The highest BCUT2D eigenvalue weighted by molar-refractivity contribution is 7.91. The predicted molar refractivity (Wildman–Crippen MR) is 119 cm³/mol. The number of nitrogens with one attached hydrogen (secondary N) is 1. The minimum absolute atomic E-state index is 0.150. The van der Waals surface area contributed by atoms with Gasteiger partial charge in [0.15, 0.2) is 5.65 Å². The number of benzene rings is 3. The Labute approximate surface area is 179 Å². The Balaban J connectivity index is 1.71. The zero-order valence-electron chi connectivity index (χ0n) is 16.7. The molecule has 5 aromatic rings. The summed E-state index contributed by atoms with van der Waals surface area (Å²) in [5.74, 6) is 0.541. The first kappa shape index (κ1) is 19.2. The molecule has 0 atom stereocenters. The van der Waals surface area contributed by atoms with Gasteiger partial charge in [-0.15, -0.1) is 5.10 Å². The predicted octanol–water partition coefficient (Wildman–Crippen LogP) is 4.42.